The molecule has 0 saturated carbocycles. The van der Waals surface area contributed by atoms with Crippen molar-refractivity contribution in [3.63, 3.8) is 0 Å². The Morgan fingerprint density at radius 2 is 2.24 bits per heavy atom. The lowest BCUT2D eigenvalue weighted by Gasteiger charge is -2.18. The highest BCUT2D eigenvalue weighted by molar-refractivity contribution is 5.98. The zero-order valence-electron chi connectivity index (χ0n) is 10.7. The predicted molar refractivity (Wildman–Crippen MR) is 67.8 cm³/mol. The van der Waals surface area contributed by atoms with Gasteiger partial charge in [0.05, 0.1) is 5.69 Å². The number of carboxylic acid groups (broad SMARTS) is 1. The number of carbonyl (C=O) groups is 2. The zero-order chi connectivity index (χ0) is 15.6. The minimum Gasteiger partial charge on any atom is -0.477 e. The fourth-order valence-corrected chi connectivity index (χ4v) is 2.23. The van der Waals surface area contributed by atoms with E-state index in [1.807, 2.05) is 0 Å². The molecule has 0 bridgehead atoms. The molecular formula is C12H10F2N4O3. The van der Waals surface area contributed by atoms with Crippen LogP contribution < -0.4 is 4.90 Å². The summed E-state index contributed by atoms with van der Waals surface area (Å²) in [5, 5.41) is 12.2. The number of anilines is 1. The third-order valence-corrected chi connectivity index (χ3v) is 3.18. The van der Waals surface area contributed by atoms with Gasteiger partial charge in [0.1, 0.15) is 11.4 Å². The highest BCUT2D eigenvalue weighted by Crippen LogP contribution is 2.30. The van der Waals surface area contributed by atoms with Crippen LogP contribution in [-0.4, -0.2) is 30.1 Å². The molecule has 1 unspecified atom stereocenters. The van der Waals surface area contributed by atoms with Gasteiger partial charge in [0.25, 0.3) is 0 Å². The van der Waals surface area contributed by atoms with Gasteiger partial charge in [-0.15, -0.1) is 0 Å². The number of aromatic carboxylic acids is 1. The van der Waals surface area contributed by atoms with Gasteiger partial charge in [-0.25, -0.2) is 13.6 Å². The number of hydrogen-bond acceptors (Lipinski definition) is 3. The molecule has 0 aromatic heterocycles. The van der Waals surface area contributed by atoms with Gasteiger partial charge < -0.3 is 10.0 Å². The van der Waals surface area contributed by atoms with Gasteiger partial charge in [0, 0.05) is 24.4 Å². The second-order valence-corrected chi connectivity index (χ2v) is 4.55. The third kappa shape index (κ3) is 2.77. The molecule has 2 rings (SSSR count). The Balaban J connectivity index is 2.35. The molecule has 1 aromatic carbocycles. The van der Waals surface area contributed by atoms with E-state index in [2.05, 4.69) is 10.0 Å². The fourth-order valence-electron chi connectivity index (χ4n) is 2.23. The van der Waals surface area contributed by atoms with E-state index in [-0.39, 0.29) is 31.1 Å². The van der Waals surface area contributed by atoms with Gasteiger partial charge in [-0.05, 0) is 23.6 Å². The van der Waals surface area contributed by atoms with Crippen LogP contribution in [0.4, 0.5) is 14.5 Å². The first-order valence-electron chi connectivity index (χ1n) is 5.98. The summed E-state index contributed by atoms with van der Waals surface area (Å²) in [6.45, 7) is 0.160. The average Bonchev–Trinajstić information content (AvgIpc) is 2.77. The van der Waals surface area contributed by atoms with Crippen molar-refractivity contribution in [2.24, 2.45) is 11.0 Å². The quantitative estimate of drug-likeness (QED) is 0.523. The van der Waals surface area contributed by atoms with Gasteiger partial charge in [-0.1, -0.05) is 5.11 Å². The Hall–Kier alpha value is -2.67. The van der Waals surface area contributed by atoms with Crippen molar-refractivity contribution in [1.29, 1.82) is 0 Å². The van der Waals surface area contributed by atoms with Crippen molar-refractivity contribution in [3.8, 4) is 0 Å². The molecule has 110 valence electrons. The summed E-state index contributed by atoms with van der Waals surface area (Å²) in [7, 11) is 0. The molecule has 0 aliphatic carbocycles. The summed E-state index contributed by atoms with van der Waals surface area (Å²) in [4.78, 5) is 26.3. The summed E-state index contributed by atoms with van der Waals surface area (Å²) in [6.07, 6.45) is 0.0538. The maximum atomic E-state index is 14.1. The number of hydrogen-bond donors (Lipinski definition) is 1. The van der Waals surface area contributed by atoms with Crippen LogP contribution in [-0.2, 0) is 4.79 Å². The van der Waals surface area contributed by atoms with Crippen molar-refractivity contribution in [2.75, 3.05) is 18.0 Å². The van der Waals surface area contributed by atoms with Gasteiger partial charge in [0.2, 0.25) is 5.91 Å². The molecular weight excluding hydrogens is 286 g/mol. The first kappa shape index (κ1) is 14.7. The number of nitrogens with zero attached hydrogens (tertiary/aromatic N) is 4. The molecule has 9 heteroatoms. The molecule has 1 atom stereocenters. The molecule has 0 radical (unpaired) electrons. The number of carbonyl (C=O) groups excluding carboxylic acids is 1. The monoisotopic (exact) mass is 296 g/mol. The van der Waals surface area contributed by atoms with Crippen LogP contribution in [0.1, 0.15) is 16.8 Å². The van der Waals surface area contributed by atoms with Gasteiger partial charge in [0.15, 0.2) is 5.82 Å². The highest BCUT2D eigenvalue weighted by Gasteiger charge is 2.33. The maximum Gasteiger partial charge on any atom is 0.341 e. The average molecular weight is 296 g/mol. The predicted octanol–water partition coefficient (Wildman–Crippen LogP) is 2.33. The second-order valence-electron chi connectivity index (χ2n) is 4.55. The molecule has 7 nitrogen and oxygen atoms in total. The van der Waals surface area contributed by atoms with E-state index in [9.17, 15) is 18.4 Å². The SMILES string of the molecule is [N-]=[N+]=NCC1CC(=O)N(c2ccc(F)c(C(=O)O)c2F)C1. The Morgan fingerprint density at radius 3 is 2.86 bits per heavy atom. The second kappa shape index (κ2) is 5.76. The summed E-state index contributed by atoms with van der Waals surface area (Å²) in [6, 6.07) is 1.82. The Kier molecular flexibility index (Phi) is 4.04. The van der Waals surface area contributed by atoms with E-state index >= 15 is 0 Å². The van der Waals surface area contributed by atoms with E-state index in [4.69, 9.17) is 10.6 Å². The Bertz CT molecular complexity index is 658. The minimum atomic E-state index is -1.75. The van der Waals surface area contributed by atoms with Gasteiger partial charge in [-0.3, -0.25) is 4.79 Å². The number of amides is 1. The largest absolute Gasteiger partial charge is 0.477 e. The molecule has 1 heterocycles. The van der Waals surface area contributed by atoms with Gasteiger partial charge in [-0.2, -0.15) is 0 Å². The van der Waals surface area contributed by atoms with Crippen LogP contribution in [0.25, 0.3) is 10.4 Å². The van der Waals surface area contributed by atoms with Gasteiger partial charge >= 0.3 is 5.97 Å². The van der Waals surface area contributed by atoms with Crippen LogP contribution in [0.2, 0.25) is 0 Å². The first-order chi connectivity index (χ1) is 9.95. The normalized spacial score (nSPS) is 17.7. The van der Waals surface area contributed by atoms with E-state index in [1.165, 1.54) is 0 Å². The molecule has 1 fully saturated rings. The van der Waals surface area contributed by atoms with Crippen LogP contribution in [0.5, 0.6) is 0 Å². The summed E-state index contributed by atoms with van der Waals surface area (Å²) in [5.41, 5.74) is 6.85. The van der Waals surface area contributed by atoms with Crippen molar-refractivity contribution in [1.82, 2.24) is 0 Å². The summed E-state index contributed by atoms with van der Waals surface area (Å²) < 4.78 is 27.4. The number of carboxylic acids is 1. The van der Waals surface area contributed by atoms with Crippen molar-refractivity contribution >= 4 is 17.6 Å². The fraction of sp³-hybridized carbons (Fsp3) is 0.333. The number of benzene rings is 1. The lowest BCUT2D eigenvalue weighted by atomic mass is 10.1. The Morgan fingerprint density at radius 1 is 1.52 bits per heavy atom. The summed E-state index contributed by atoms with van der Waals surface area (Å²) >= 11 is 0. The van der Waals surface area contributed by atoms with Crippen molar-refractivity contribution in [3.05, 3.63) is 39.8 Å². The first-order valence-corrected chi connectivity index (χ1v) is 5.98. The van der Waals surface area contributed by atoms with E-state index < -0.39 is 29.1 Å². The highest BCUT2D eigenvalue weighted by atomic mass is 19.1. The van der Waals surface area contributed by atoms with Crippen LogP contribution in [0.3, 0.4) is 0 Å². The molecule has 1 amide bonds. The smallest absolute Gasteiger partial charge is 0.341 e. The number of rotatable bonds is 4. The molecule has 1 aliphatic rings. The molecule has 1 N–H and O–H groups in total. The van der Waals surface area contributed by atoms with E-state index in [0.29, 0.717) is 0 Å². The van der Waals surface area contributed by atoms with Crippen molar-refractivity contribution < 1.29 is 23.5 Å². The lowest BCUT2D eigenvalue weighted by Crippen LogP contribution is -2.26. The van der Waals surface area contributed by atoms with Crippen LogP contribution in [0, 0.1) is 17.6 Å². The van der Waals surface area contributed by atoms with Crippen molar-refractivity contribution in [2.45, 2.75) is 6.42 Å². The molecule has 0 spiro atoms. The Labute approximate surface area is 117 Å². The summed E-state index contributed by atoms with van der Waals surface area (Å²) in [5.74, 6) is -4.97. The third-order valence-electron chi connectivity index (χ3n) is 3.18. The topological polar surface area (TPSA) is 106 Å². The van der Waals surface area contributed by atoms with E-state index in [1.54, 1.807) is 0 Å². The molecule has 21 heavy (non-hydrogen) atoms. The number of halogens is 2. The zero-order valence-corrected chi connectivity index (χ0v) is 10.7. The van der Waals surface area contributed by atoms with Crippen LogP contribution >= 0.6 is 0 Å². The number of azide groups is 1. The maximum absolute atomic E-state index is 14.1. The molecule has 1 aliphatic heterocycles. The van der Waals surface area contributed by atoms with Crippen LogP contribution in [0.15, 0.2) is 17.2 Å². The minimum absolute atomic E-state index is 0.0538. The lowest BCUT2D eigenvalue weighted by molar-refractivity contribution is -0.117. The molecule has 1 saturated heterocycles. The standard InChI is InChI=1S/C12H10F2N4O3/c13-7-1-2-8(11(14)10(7)12(20)21)18-5-6(3-9(18)19)4-16-17-15/h1-2,6H,3-5H2,(H,20,21). The molecule has 1 aromatic rings. The van der Waals surface area contributed by atoms with E-state index in [0.717, 1.165) is 17.0 Å².